The first-order chi connectivity index (χ1) is 14.0. The number of carbonyl (C=O) groups excluding carboxylic acids is 2. The summed E-state index contributed by atoms with van der Waals surface area (Å²) in [4.78, 5) is 27.1. The van der Waals surface area contributed by atoms with Gasteiger partial charge in [0, 0.05) is 20.1 Å². The number of aromatic nitrogens is 2. The fourth-order valence-corrected chi connectivity index (χ4v) is 3.72. The van der Waals surface area contributed by atoms with Crippen molar-refractivity contribution < 1.29 is 23.8 Å². The molecule has 8 heteroatoms. The second-order valence-electron chi connectivity index (χ2n) is 7.52. The van der Waals surface area contributed by atoms with E-state index < -0.39 is 0 Å². The summed E-state index contributed by atoms with van der Waals surface area (Å²) in [6.45, 7) is 5.13. The predicted octanol–water partition coefficient (Wildman–Crippen LogP) is 2.30. The normalized spacial score (nSPS) is 19.1. The molecule has 0 bridgehead atoms. The Labute approximate surface area is 169 Å². The average Bonchev–Trinajstić information content (AvgIpc) is 3.15. The van der Waals surface area contributed by atoms with Crippen LogP contribution in [0.1, 0.15) is 35.1 Å². The fraction of sp³-hybridized carbons (Fsp3) is 0.476. The molecule has 1 aliphatic carbocycles. The number of esters is 1. The highest BCUT2D eigenvalue weighted by Gasteiger charge is 2.45. The van der Waals surface area contributed by atoms with Gasteiger partial charge in [-0.25, -0.2) is 0 Å². The van der Waals surface area contributed by atoms with Crippen molar-refractivity contribution in [3.8, 4) is 11.5 Å². The number of fused-ring (bicyclic) bond motifs is 1. The molecule has 2 aliphatic rings. The van der Waals surface area contributed by atoms with Gasteiger partial charge in [0.2, 0.25) is 6.79 Å². The second kappa shape index (κ2) is 7.77. The van der Waals surface area contributed by atoms with Gasteiger partial charge in [-0.1, -0.05) is 6.07 Å². The van der Waals surface area contributed by atoms with Gasteiger partial charge >= 0.3 is 5.97 Å². The lowest BCUT2D eigenvalue weighted by molar-refractivity contribution is -0.145. The first kappa shape index (κ1) is 19.3. The molecule has 1 amide bonds. The third-order valence-corrected chi connectivity index (χ3v) is 5.29. The van der Waals surface area contributed by atoms with Crippen molar-refractivity contribution in [2.24, 2.45) is 18.9 Å². The lowest BCUT2D eigenvalue weighted by atomic mass is 10.1. The summed E-state index contributed by atoms with van der Waals surface area (Å²) in [5, 5.41) is 4.29. The van der Waals surface area contributed by atoms with E-state index in [-0.39, 0.29) is 30.5 Å². The van der Waals surface area contributed by atoms with Gasteiger partial charge in [0.25, 0.3) is 5.91 Å². The zero-order valence-corrected chi connectivity index (χ0v) is 16.9. The molecule has 0 spiro atoms. The number of ether oxygens (including phenoxy) is 3. The topological polar surface area (TPSA) is 82.9 Å². The maximum Gasteiger partial charge on any atom is 0.309 e. The van der Waals surface area contributed by atoms with Gasteiger partial charge in [-0.2, -0.15) is 5.10 Å². The van der Waals surface area contributed by atoms with Gasteiger partial charge in [-0.05, 0) is 49.9 Å². The number of rotatable bonds is 7. The lowest BCUT2D eigenvalue weighted by Gasteiger charge is -2.23. The molecule has 2 aromatic rings. The zero-order valence-electron chi connectivity index (χ0n) is 16.9. The van der Waals surface area contributed by atoms with Crippen LogP contribution in [0.2, 0.25) is 0 Å². The van der Waals surface area contributed by atoms with E-state index in [1.54, 1.807) is 29.6 Å². The summed E-state index contributed by atoms with van der Waals surface area (Å²) in [6.07, 6.45) is 0.744. The second-order valence-corrected chi connectivity index (χ2v) is 7.52. The van der Waals surface area contributed by atoms with E-state index in [1.165, 1.54) is 0 Å². The first-order valence-corrected chi connectivity index (χ1v) is 9.81. The minimum Gasteiger partial charge on any atom is -0.466 e. The van der Waals surface area contributed by atoms with E-state index in [2.05, 4.69) is 5.10 Å². The van der Waals surface area contributed by atoms with Gasteiger partial charge in [-0.15, -0.1) is 0 Å². The van der Waals surface area contributed by atoms with Crippen molar-refractivity contribution in [1.82, 2.24) is 14.7 Å². The predicted molar refractivity (Wildman–Crippen MR) is 103 cm³/mol. The van der Waals surface area contributed by atoms with Gasteiger partial charge < -0.3 is 19.1 Å². The van der Waals surface area contributed by atoms with Gasteiger partial charge in [0.05, 0.1) is 18.2 Å². The number of nitrogens with zero attached hydrogens (tertiary/aromatic N) is 3. The summed E-state index contributed by atoms with van der Waals surface area (Å²) in [5.74, 6) is 1.08. The molecule has 4 rings (SSSR count). The molecule has 8 nitrogen and oxygen atoms in total. The Kier molecular flexibility index (Phi) is 5.17. The highest BCUT2D eigenvalue weighted by atomic mass is 16.7. The van der Waals surface area contributed by atoms with Crippen molar-refractivity contribution in [1.29, 1.82) is 0 Å². The van der Waals surface area contributed by atoms with Crippen LogP contribution in [0.5, 0.6) is 11.5 Å². The van der Waals surface area contributed by atoms with Crippen LogP contribution < -0.4 is 9.47 Å². The smallest absolute Gasteiger partial charge is 0.309 e. The molecule has 2 atom stereocenters. The molecule has 0 saturated heterocycles. The third-order valence-electron chi connectivity index (χ3n) is 5.29. The van der Waals surface area contributed by atoms with Crippen molar-refractivity contribution in [2.45, 2.75) is 26.8 Å². The molecule has 1 saturated carbocycles. The number of benzene rings is 1. The quantitative estimate of drug-likeness (QED) is 0.665. The fourth-order valence-electron chi connectivity index (χ4n) is 3.72. The molecule has 29 heavy (non-hydrogen) atoms. The lowest BCUT2D eigenvalue weighted by Crippen LogP contribution is -2.34. The van der Waals surface area contributed by atoms with Crippen LogP contribution in [-0.2, 0) is 23.1 Å². The largest absolute Gasteiger partial charge is 0.466 e. The molecule has 0 N–H and O–H groups in total. The van der Waals surface area contributed by atoms with Crippen LogP contribution in [0.25, 0.3) is 0 Å². The molecular weight excluding hydrogens is 374 g/mol. The molecule has 1 aliphatic heterocycles. The van der Waals surface area contributed by atoms with Crippen molar-refractivity contribution in [2.75, 3.05) is 19.9 Å². The van der Waals surface area contributed by atoms with E-state index in [9.17, 15) is 9.59 Å². The number of amides is 1. The Morgan fingerprint density at radius 3 is 2.79 bits per heavy atom. The molecule has 1 fully saturated rings. The van der Waals surface area contributed by atoms with E-state index in [1.807, 2.05) is 25.1 Å². The van der Waals surface area contributed by atoms with Crippen LogP contribution in [0.15, 0.2) is 24.3 Å². The highest BCUT2D eigenvalue weighted by Crippen LogP contribution is 2.41. The molecular formula is C21H25N3O5. The van der Waals surface area contributed by atoms with E-state index >= 15 is 0 Å². The Balaban J connectivity index is 1.53. The molecule has 154 valence electrons. The van der Waals surface area contributed by atoms with Crippen molar-refractivity contribution in [3.05, 3.63) is 41.2 Å². The summed E-state index contributed by atoms with van der Waals surface area (Å²) in [5.41, 5.74) is 2.25. The van der Waals surface area contributed by atoms with Crippen LogP contribution in [0, 0.1) is 18.8 Å². The van der Waals surface area contributed by atoms with Crippen LogP contribution in [0.4, 0.5) is 0 Å². The van der Waals surface area contributed by atoms with Gasteiger partial charge in [-0.3, -0.25) is 14.3 Å². The van der Waals surface area contributed by atoms with Crippen molar-refractivity contribution >= 4 is 11.9 Å². The first-order valence-electron chi connectivity index (χ1n) is 9.81. The van der Waals surface area contributed by atoms with Gasteiger partial charge in [0.1, 0.15) is 5.69 Å². The van der Waals surface area contributed by atoms with E-state index in [0.717, 1.165) is 17.7 Å². The van der Waals surface area contributed by atoms with E-state index in [0.29, 0.717) is 36.9 Å². The number of aryl methyl sites for hydroxylation is 2. The molecule has 1 aromatic heterocycles. The van der Waals surface area contributed by atoms with Crippen LogP contribution in [-0.4, -0.2) is 46.5 Å². The number of hydrogen-bond acceptors (Lipinski definition) is 6. The number of carbonyl (C=O) groups is 2. The Morgan fingerprint density at radius 1 is 1.28 bits per heavy atom. The Hall–Kier alpha value is -3.03. The SMILES string of the molecule is CCOC(=O)[C@@H]1C[C@H]1CN(Cc1ccc2c(c1)OCO2)C(=O)c1cc(C)nn1C. The van der Waals surface area contributed by atoms with Crippen molar-refractivity contribution in [3.63, 3.8) is 0 Å². The monoisotopic (exact) mass is 399 g/mol. The van der Waals surface area contributed by atoms with Gasteiger partial charge in [0.15, 0.2) is 11.5 Å². The molecule has 1 aromatic carbocycles. The Bertz CT molecular complexity index is 938. The standard InChI is InChI=1S/C21H25N3O5/c1-4-27-21(26)16-9-15(16)11-24(20(25)17-7-13(2)22-23(17)3)10-14-5-6-18-19(8-14)29-12-28-18/h5-8,15-16H,4,9-12H2,1-3H3/t15-,16+/m0/s1. The molecule has 0 radical (unpaired) electrons. The highest BCUT2D eigenvalue weighted by molar-refractivity contribution is 5.92. The summed E-state index contributed by atoms with van der Waals surface area (Å²) >= 11 is 0. The minimum atomic E-state index is -0.177. The van der Waals surface area contributed by atoms with Crippen LogP contribution >= 0.6 is 0 Å². The van der Waals surface area contributed by atoms with Crippen LogP contribution in [0.3, 0.4) is 0 Å². The maximum atomic E-state index is 13.3. The summed E-state index contributed by atoms with van der Waals surface area (Å²) in [6, 6.07) is 7.46. The Morgan fingerprint density at radius 2 is 2.07 bits per heavy atom. The van der Waals surface area contributed by atoms with E-state index in [4.69, 9.17) is 14.2 Å². The third kappa shape index (κ3) is 4.06. The molecule has 0 unspecified atom stereocenters. The maximum absolute atomic E-state index is 13.3. The molecule has 2 heterocycles. The average molecular weight is 399 g/mol. The zero-order chi connectivity index (χ0) is 20.5. The summed E-state index contributed by atoms with van der Waals surface area (Å²) < 4.78 is 17.5. The summed E-state index contributed by atoms with van der Waals surface area (Å²) in [7, 11) is 1.76. The minimum absolute atomic E-state index is 0.111. The number of hydrogen-bond donors (Lipinski definition) is 0.